The normalized spacial score (nSPS) is 10.4. The van der Waals surface area contributed by atoms with Gasteiger partial charge in [-0.15, -0.1) is 0 Å². The van der Waals surface area contributed by atoms with E-state index in [1.54, 1.807) is 12.1 Å². The van der Waals surface area contributed by atoms with E-state index in [1.165, 1.54) is 0 Å². The van der Waals surface area contributed by atoms with Crippen LogP contribution in [0.1, 0.15) is 0 Å². The number of hydrogen-bond acceptors (Lipinski definition) is 3. The lowest BCUT2D eigenvalue weighted by atomic mass is 10.3. The van der Waals surface area contributed by atoms with Crippen LogP contribution in [0.15, 0.2) is 84.9 Å². The van der Waals surface area contributed by atoms with Gasteiger partial charge in [-0.1, -0.05) is 48.5 Å². The molecule has 0 aliphatic rings. The fourth-order valence-corrected chi connectivity index (χ4v) is 3.22. The van der Waals surface area contributed by atoms with E-state index in [-0.39, 0.29) is 5.75 Å². The van der Waals surface area contributed by atoms with Crippen LogP contribution >= 0.6 is 8.38 Å². The zero-order valence-corrected chi connectivity index (χ0v) is 12.7. The highest BCUT2D eigenvalue weighted by molar-refractivity contribution is 7.57. The lowest BCUT2D eigenvalue weighted by molar-refractivity contribution is 0.471. The highest BCUT2D eigenvalue weighted by Gasteiger charge is 2.21. The summed E-state index contributed by atoms with van der Waals surface area (Å²) in [6, 6.07) is 26.0. The van der Waals surface area contributed by atoms with Crippen LogP contribution in [0.25, 0.3) is 0 Å². The van der Waals surface area contributed by atoms with Crippen LogP contribution in [0.4, 0.5) is 0 Å². The SMILES string of the molecule is Oc1ccccc1P(Oc1ccccc1)Oc1ccccc1. The molecule has 0 aliphatic carbocycles. The van der Waals surface area contributed by atoms with E-state index in [0.717, 1.165) is 0 Å². The van der Waals surface area contributed by atoms with Crippen molar-refractivity contribution >= 4 is 13.7 Å². The molecule has 1 N–H and O–H groups in total. The Morgan fingerprint density at radius 3 is 1.55 bits per heavy atom. The van der Waals surface area contributed by atoms with Crippen molar-refractivity contribution < 1.29 is 14.2 Å². The summed E-state index contributed by atoms with van der Waals surface area (Å²) in [5.74, 6) is 1.57. The molecule has 0 radical (unpaired) electrons. The van der Waals surface area contributed by atoms with Crippen molar-refractivity contribution in [3.63, 3.8) is 0 Å². The van der Waals surface area contributed by atoms with Crippen LogP contribution in [0, 0.1) is 0 Å². The largest absolute Gasteiger partial charge is 0.507 e. The van der Waals surface area contributed by atoms with Gasteiger partial charge < -0.3 is 14.2 Å². The fourth-order valence-electron chi connectivity index (χ4n) is 1.89. The van der Waals surface area contributed by atoms with E-state index in [9.17, 15) is 5.11 Å². The summed E-state index contributed by atoms with van der Waals surface area (Å²) in [7, 11) is -1.48. The average Bonchev–Trinajstić information content (AvgIpc) is 2.57. The molecule has 0 heterocycles. The topological polar surface area (TPSA) is 38.7 Å². The summed E-state index contributed by atoms with van der Waals surface area (Å²) < 4.78 is 11.9. The second-order valence-corrected chi connectivity index (χ2v) is 5.92. The number of aromatic hydroxyl groups is 1. The molecule has 3 rings (SSSR count). The molecule has 4 heteroatoms. The van der Waals surface area contributed by atoms with Crippen LogP contribution in [0.2, 0.25) is 0 Å². The molecule has 0 saturated carbocycles. The van der Waals surface area contributed by atoms with Gasteiger partial charge in [0, 0.05) is 0 Å². The van der Waals surface area contributed by atoms with E-state index < -0.39 is 8.38 Å². The van der Waals surface area contributed by atoms with Crippen LogP contribution < -0.4 is 14.4 Å². The van der Waals surface area contributed by atoms with E-state index >= 15 is 0 Å². The number of rotatable bonds is 5. The molecule has 0 aliphatic heterocycles. The van der Waals surface area contributed by atoms with Gasteiger partial charge in [0.1, 0.15) is 17.2 Å². The lowest BCUT2D eigenvalue weighted by Gasteiger charge is -2.19. The van der Waals surface area contributed by atoms with E-state index in [4.69, 9.17) is 9.05 Å². The molecule has 110 valence electrons. The Labute approximate surface area is 130 Å². The van der Waals surface area contributed by atoms with Crippen LogP contribution in [-0.4, -0.2) is 5.11 Å². The standard InChI is InChI=1S/C18H15O3P/c19-17-13-7-8-14-18(17)22(20-15-9-3-1-4-10-15)21-16-11-5-2-6-12-16/h1-14,19H. The number of phenolic OH excluding ortho intramolecular Hbond substituents is 1. The third kappa shape index (κ3) is 3.57. The number of phenols is 1. The summed E-state index contributed by atoms with van der Waals surface area (Å²) in [4.78, 5) is 0. The number of para-hydroxylation sites is 3. The zero-order valence-electron chi connectivity index (χ0n) is 11.8. The molecule has 0 atom stereocenters. The Morgan fingerprint density at radius 2 is 1.05 bits per heavy atom. The Morgan fingerprint density at radius 1 is 0.591 bits per heavy atom. The summed E-state index contributed by atoms with van der Waals surface area (Å²) in [5.41, 5.74) is 0. The summed E-state index contributed by atoms with van der Waals surface area (Å²) in [5, 5.41) is 10.7. The third-order valence-corrected chi connectivity index (χ3v) is 4.47. The van der Waals surface area contributed by atoms with Gasteiger partial charge in [0.05, 0.1) is 5.30 Å². The first kappa shape index (κ1) is 14.4. The molecular weight excluding hydrogens is 295 g/mol. The Bertz CT molecular complexity index is 675. The summed E-state index contributed by atoms with van der Waals surface area (Å²) >= 11 is 0. The highest BCUT2D eigenvalue weighted by Crippen LogP contribution is 2.41. The third-order valence-electron chi connectivity index (χ3n) is 2.94. The Hall–Kier alpha value is -2.51. The Balaban J connectivity index is 1.90. The molecule has 0 fully saturated rings. The van der Waals surface area contributed by atoms with Gasteiger partial charge in [0.15, 0.2) is 0 Å². The molecule has 0 saturated heterocycles. The molecule has 0 unspecified atom stereocenters. The van der Waals surface area contributed by atoms with Gasteiger partial charge in [-0.2, -0.15) is 0 Å². The summed E-state index contributed by atoms with van der Waals surface area (Å²) in [6.45, 7) is 0. The molecule has 3 aromatic rings. The van der Waals surface area contributed by atoms with E-state index in [1.807, 2.05) is 72.8 Å². The van der Waals surface area contributed by atoms with Gasteiger partial charge in [0.25, 0.3) is 0 Å². The fraction of sp³-hybridized carbons (Fsp3) is 0. The maximum Gasteiger partial charge on any atom is 0.329 e. The van der Waals surface area contributed by atoms with Gasteiger partial charge >= 0.3 is 8.38 Å². The van der Waals surface area contributed by atoms with Crippen molar-refractivity contribution in [2.75, 3.05) is 0 Å². The predicted molar refractivity (Wildman–Crippen MR) is 88.8 cm³/mol. The molecule has 0 aromatic heterocycles. The predicted octanol–water partition coefficient (Wildman–Crippen LogP) is 4.49. The second-order valence-electron chi connectivity index (χ2n) is 4.55. The minimum absolute atomic E-state index is 0.167. The van der Waals surface area contributed by atoms with E-state index in [2.05, 4.69) is 0 Å². The second kappa shape index (κ2) is 6.97. The monoisotopic (exact) mass is 310 g/mol. The highest BCUT2D eigenvalue weighted by atomic mass is 31.2. The molecule has 22 heavy (non-hydrogen) atoms. The first-order valence-corrected chi connectivity index (χ1v) is 8.05. The van der Waals surface area contributed by atoms with Crippen molar-refractivity contribution in [2.24, 2.45) is 0 Å². The molecule has 0 spiro atoms. The number of benzene rings is 3. The molecular formula is C18H15O3P. The lowest BCUT2D eigenvalue weighted by Crippen LogP contribution is -2.10. The van der Waals surface area contributed by atoms with Crippen LogP contribution in [0.3, 0.4) is 0 Å². The van der Waals surface area contributed by atoms with Crippen molar-refractivity contribution in [2.45, 2.75) is 0 Å². The minimum Gasteiger partial charge on any atom is -0.507 e. The molecule has 3 nitrogen and oxygen atoms in total. The maximum absolute atomic E-state index is 10.1. The van der Waals surface area contributed by atoms with Gasteiger partial charge in [0.2, 0.25) is 0 Å². The molecule has 3 aromatic carbocycles. The Kier molecular flexibility index (Phi) is 4.57. The smallest absolute Gasteiger partial charge is 0.329 e. The summed E-state index contributed by atoms with van der Waals surface area (Å²) in [6.07, 6.45) is 0. The number of hydrogen-bond donors (Lipinski definition) is 1. The first-order valence-electron chi connectivity index (χ1n) is 6.87. The molecule has 0 amide bonds. The van der Waals surface area contributed by atoms with Gasteiger partial charge in [-0.3, -0.25) is 0 Å². The molecule has 0 bridgehead atoms. The van der Waals surface area contributed by atoms with Gasteiger partial charge in [-0.25, -0.2) is 0 Å². The first-order chi connectivity index (χ1) is 10.8. The van der Waals surface area contributed by atoms with Crippen molar-refractivity contribution in [1.29, 1.82) is 0 Å². The van der Waals surface area contributed by atoms with Crippen molar-refractivity contribution in [1.82, 2.24) is 0 Å². The zero-order chi connectivity index (χ0) is 15.2. The average molecular weight is 310 g/mol. The van der Waals surface area contributed by atoms with Crippen molar-refractivity contribution in [3.05, 3.63) is 84.9 Å². The van der Waals surface area contributed by atoms with Crippen molar-refractivity contribution in [3.8, 4) is 17.2 Å². The minimum atomic E-state index is -1.48. The van der Waals surface area contributed by atoms with E-state index in [0.29, 0.717) is 16.8 Å². The van der Waals surface area contributed by atoms with Crippen LogP contribution in [0.5, 0.6) is 17.2 Å². The quantitative estimate of drug-likeness (QED) is 0.706. The maximum atomic E-state index is 10.1. The van der Waals surface area contributed by atoms with Gasteiger partial charge in [-0.05, 0) is 36.4 Å². The van der Waals surface area contributed by atoms with Crippen LogP contribution in [-0.2, 0) is 0 Å².